The summed E-state index contributed by atoms with van der Waals surface area (Å²) in [6.45, 7) is 9.54. The molecule has 0 aromatic carbocycles. The maximum absolute atomic E-state index is 12.6. The van der Waals surface area contributed by atoms with Crippen LogP contribution in [0.1, 0.15) is 26.0 Å². The van der Waals surface area contributed by atoms with E-state index in [-0.39, 0.29) is 42.5 Å². The average Bonchev–Trinajstić information content (AvgIpc) is 3.25. The zero-order valence-corrected chi connectivity index (χ0v) is 18.2. The van der Waals surface area contributed by atoms with Crippen molar-refractivity contribution in [2.45, 2.75) is 32.7 Å². The second-order valence-corrected chi connectivity index (χ2v) is 7.89. The van der Waals surface area contributed by atoms with Gasteiger partial charge in [-0.2, -0.15) is 0 Å². The van der Waals surface area contributed by atoms with Gasteiger partial charge in [0, 0.05) is 56.6 Å². The number of carbonyl (C=O) groups is 2. The van der Waals surface area contributed by atoms with Crippen LogP contribution in [-0.4, -0.2) is 71.9 Å². The van der Waals surface area contributed by atoms with Gasteiger partial charge in [-0.15, -0.1) is 36.2 Å². The van der Waals surface area contributed by atoms with Crippen LogP contribution in [0.4, 0.5) is 5.13 Å². The number of rotatable bonds is 5. The van der Waals surface area contributed by atoms with Crippen LogP contribution in [0.25, 0.3) is 0 Å². The summed E-state index contributed by atoms with van der Waals surface area (Å²) in [4.78, 5) is 33.1. The lowest BCUT2D eigenvalue weighted by atomic mass is 10.2. The summed E-state index contributed by atoms with van der Waals surface area (Å²) in [5.41, 5.74) is 0.736. The zero-order valence-electron chi connectivity index (χ0n) is 15.8. The largest absolute Gasteiger partial charge is 0.341 e. The first-order chi connectivity index (χ1) is 12.0. The normalized spacial score (nSPS) is 20.1. The van der Waals surface area contributed by atoms with Crippen molar-refractivity contribution in [2.24, 2.45) is 5.92 Å². The molecule has 0 bridgehead atoms. The van der Waals surface area contributed by atoms with Gasteiger partial charge in [-0.05, 0) is 6.42 Å². The van der Waals surface area contributed by atoms with Gasteiger partial charge in [0.25, 0.3) is 0 Å². The van der Waals surface area contributed by atoms with Crippen molar-refractivity contribution in [1.29, 1.82) is 0 Å². The minimum atomic E-state index is -0.0829. The van der Waals surface area contributed by atoms with Crippen molar-refractivity contribution in [1.82, 2.24) is 20.1 Å². The van der Waals surface area contributed by atoms with Gasteiger partial charge in [0.2, 0.25) is 11.8 Å². The van der Waals surface area contributed by atoms with E-state index in [0.717, 1.165) is 51.4 Å². The number of likely N-dealkylation sites (tertiary alicyclic amines) is 1. The van der Waals surface area contributed by atoms with E-state index in [1.165, 1.54) is 11.3 Å². The van der Waals surface area contributed by atoms with Crippen LogP contribution in [-0.2, 0) is 16.0 Å². The molecule has 1 aromatic heterocycles. The Morgan fingerprint density at radius 2 is 2.00 bits per heavy atom. The van der Waals surface area contributed by atoms with Crippen molar-refractivity contribution in [3.8, 4) is 0 Å². The maximum Gasteiger partial charge on any atom is 0.228 e. The summed E-state index contributed by atoms with van der Waals surface area (Å²) in [6.07, 6.45) is 1.36. The van der Waals surface area contributed by atoms with Gasteiger partial charge in [0.1, 0.15) is 0 Å². The molecule has 0 radical (unpaired) electrons. The van der Waals surface area contributed by atoms with E-state index in [1.54, 1.807) is 0 Å². The van der Waals surface area contributed by atoms with Crippen LogP contribution in [0.15, 0.2) is 5.38 Å². The molecule has 2 N–H and O–H groups in total. The maximum atomic E-state index is 12.6. The van der Waals surface area contributed by atoms with E-state index < -0.39 is 0 Å². The van der Waals surface area contributed by atoms with Gasteiger partial charge in [-0.25, -0.2) is 4.98 Å². The van der Waals surface area contributed by atoms with Gasteiger partial charge in [0.15, 0.2) is 5.13 Å². The third-order valence-corrected chi connectivity index (χ3v) is 5.63. The van der Waals surface area contributed by atoms with Gasteiger partial charge in [0.05, 0.1) is 12.1 Å². The average molecular weight is 438 g/mol. The molecule has 3 rings (SSSR count). The first-order valence-electron chi connectivity index (χ1n) is 9.00. The molecule has 0 spiro atoms. The third-order valence-electron chi connectivity index (χ3n) is 4.82. The highest BCUT2D eigenvalue weighted by atomic mass is 35.5. The highest BCUT2D eigenvalue weighted by Gasteiger charge is 2.31. The van der Waals surface area contributed by atoms with Crippen LogP contribution < -0.4 is 10.6 Å². The van der Waals surface area contributed by atoms with E-state index in [1.807, 2.05) is 24.1 Å². The van der Waals surface area contributed by atoms with E-state index >= 15 is 0 Å². The lowest BCUT2D eigenvalue weighted by molar-refractivity contribution is -0.129. The Morgan fingerprint density at radius 3 is 2.67 bits per heavy atom. The Bertz CT molecular complexity index is 622. The number of halogens is 2. The molecule has 0 saturated carbocycles. The predicted molar refractivity (Wildman–Crippen MR) is 113 cm³/mol. The summed E-state index contributed by atoms with van der Waals surface area (Å²) in [6, 6.07) is 0.488. The summed E-state index contributed by atoms with van der Waals surface area (Å²) in [5, 5.41) is 8.58. The highest BCUT2D eigenvalue weighted by molar-refractivity contribution is 7.13. The van der Waals surface area contributed by atoms with Crippen molar-refractivity contribution >= 4 is 53.1 Å². The fourth-order valence-electron chi connectivity index (χ4n) is 3.28. The topological polar surface area (TPSA) is 77.6 Å². The van der Waals surface area contributed by atoms with E-state index in [4.69, 9.17) is 0 Å². The summed E-state index contributed by atoms with van der Waals surface area (Å²) < 4.78 is 0. The molecule has 27 heavy (non-hydrogen) atoms. The molecule has 1 unspecified atom stereocenters. The Labute approximate surface area is 177 Å². The molecule has 0 aliphatic carbocycles. The monoisotopic (exact) mass is 437 g/mol. The number of amides is 2. The molecule has 2 amide bonds. The van der Waals surface area contributed by atoms with Crippen LogP contribution >= 0.6 is 36.2 Å². The van der Waals surface area contributed by atoms with Gasteiger partial charge >= 0.3 is 0 Å². The van der Waals surface area contributed by atoms with E-state index in [9.17, 15) is 9.59 Å². The minimum Gasteiger partial charge on any atom is -0.341 e. The second kappa shape index (κ2) is 11.2. The lowest BCUT2D eigenvalue weighted by Gasteiger charge is -2.32. The fraction of sp³-hybridized carbons (Fsp3) is 0.706. The van der Waals surface area contributed by atoms with Crippen molar-refractivity contribution in [2.75, 3.05) is 44.6 Å². The molecule has 2 aliphatic heterocycles. The quantitative estimate of drug-likeness (QED) is 0.731. The molecule has 7 nitrogen and oxygen atoms in total. The number of piperazine rings is 1. The number of hydrogen-bond donors (Lipinski definition) is 2. The zero-order chi connectivity index (χ0) is 17.8. The first-order valence-corrected chi connectivity index (χ1v) is 9.88. The summed E-state index contributed by atoms with van der Waals surface area (Å²) in [5.74, 6) is -0.00388. The van der Waals surface area contributed by atoms with Gasteiger partial charge in [-0.1, -0.05) is 13.8 Å². The third kappa shape index (κ3) is 6.57. The van der Waals surface area contributed by atoms with Crippen molar-refractivity contribution < 1.29 is 9.59 Å². The predicted octanol–water partition coefficient (Wildman–Crippen LogP) is 1.63. The summed E-state index contributed by atoms with van der Waals surface area (Å²) in [7, 11) is 0. The van der Waals surface area contributed by atoms with Gasteiger partial charge in [-0.3, -0.25) is 14.5 Å². The van der Waals surface area contributed by atoms with Crippen molar-refractivity contribution in [3.63, 3.8) is 0 Å². The number of anilines is 1. The molecular weight excluding hydrogens is 409 g/mol. The Balaban J connectivity index is 0.00000182. The van der Waals surface area contributed by atoms with Crippen LogP contribution in [0.5, 0.6) is 0 Å². The van der Waals surface area contributed by atoms with Crippen LogP contribution in [0.2, 0.25) is 0 Å². The minimum absolute atomic E-state index is 0. The van der Waals surface area contributed by atoms with Crippen LogP contribution in [0.3, 0.4) is 0 Å². The molecule has 2 fully saturated rings. The summed E-state index contributed by atoms with van der Waals surface area (Å²) >= 11 is 1.37. The Hall–Kier alpha value is -0.930. The first kappa shape index (κ1) is 24.1. The van der Waals surface area contributed by atoms with Gasteiger partial charge < -0.3 is 15.5 Å². The number of nitrogens with one attached hydrogen (secondary N) is 2. The van der Waals surface area contributed by atoms with E-state index in [0.29, 0.717) is 17.6 Å². The number of thiazole rings is 1. The van der Waals surface area contributed by atoms with E-state index in [2.05, 4.69) is 20.5 Å². The Kier molecular flexibility index (Phi) is 9.97. The molecule has 2 aliphatic rings. The number of aromatic nitrogens is 1. The number of nitrogens with zero attached hydrogens (tertiary/aromatic N) is 3. The highest BCUT2D eigenvalue weighted by Crippen LogP contribution is 2.20. The standard InChI is InChI=1S/C17H27N5O2S.2ClH/c1-12(2)16(24)20-17-19-13(11-25-17)9-15(23)22-6-3-14(10-22)21-7-4-18-5-8-21;;/h11-12,14,18H,3-10H2,1-2H3,(H,19,20,24);2*1H. The number of hydrogen-bond acceptors (Lipinski definition) is 6. The molecule has 2 saturated heterocycles. The molecule has 154 valence electrons. The molecular formula is C17H29Cl2N5O2S. The smallest absolute Gasteiger partial charge is 0.228 e. The molecule has 1 atom stereocenters. The molecule has 1 aromatic rings. The SMILES string of the molecule is CC(C)C(=O)Nc1nc(CC(=O)N2CCC(N3CCNCC3)C2)cs1.Cl.Cl. The van der Waals surface area contributed by atoms with Crippen molar-refractivity contribution in [3.05, 3.63) is 11.1 Å². The molecule has 3 heterocycles. The Morgan fingerprint density at radius 1 is 1.30 bits per heavy atom. The van der Waals surface area contributed by atoms with Crippen LogP contribution in [0, 0.1) is 5.92 Å². The number of carbonyl (C=O) groups excluding carboxylic acids is 2. The molecule has 10 heteroatoms. The fourth-order valence-corrected chi connectivity index (χ4v) is 3.99. The second-order valence-electron chi connectivity index (χ2n) is 7.03. The lowest BCUT2D eigenvalue weighted by Crippen LogP contribution is -2.49.